The molecule has 0 saturated carbocycles. The molecule has 0 radical (unpaired) electrons. The van der Waals surface area contributed by atoms with Crippen molar-refractivity contribution in [3.05, 3.63) is 82.6 Å². The lowest BCUT2D eigenvalue weighted by Crippen LogP contribution is -2.45. The second-order valence-electron chi connectivity index (χ2n) is 8.01. The molecule has 2 aromatic rings. The Labute approximate surface area is 167 Å². The summed E-state index contributed by atoms with van der Waals surface area (Å²) in [5.41, 5.74) is 4.70. The van der Waals surface area contributed by atoms with Crippen LogP contribution in [0.5, 0.6) is 0 Å². The number of allylic oxidation sites excluding steroid dienone is 1. The van der Waals surface area contributed by atoms with Crippen molar-refractivity contribution in [1.82, 2.24) is 10.2 Å². The highest BCUT2D eigenvalue weighted by Gasteiger charge is 2.32. The Kier molecular flexibility index (Phi) is 5.20. The number of benzene rings is 2. The monoisotopic (exact) mass is 378 g/mol. The standard InChI is InChI=1S/C23H26N2OS/c1-15-19(21(26)17-9-7-6-8-10-17)20(24-22(27)25(15)5)16-11-13-18(14-12-16)23(2,3)4/h6-14,20H,1-5H3,(H,24,27). The summed E-state index contributed by atoms with van der Waals surface area (Å²) in [7, 11) is 1.89. The summed E-state index contributed by atoms with van der Waals surface area (Å²) < 4.78 is 0. The predicted octanol–water partition coefficient (Wildman–Crippen LogP) is 5.00. The molecule has 0 bridgehead atoms. The molecule has 0 aromatic heterocycles. The zero-order valence-electron chi connectivity index (χ0n) is 16.5. The van der Waals surface area contributed by atoms with Crippen molar-refractivity contribution in [3.8, 4) is 0 Å². The van der Waals surface area contributed by atoms with Gasteiger partial charge in [0, 0.05) is 23.9 Å². The summed E-state index contributed by atoms with van der Waals surface area (Å²) in [6.07, 6.45) is 0. The Morgan fingerprint density at radius 3 is 2.19 bits per heavy atom. The summed E-state index contributed by atoms with van der Waals surface area (Å²) in [6, 6.07) is 17.6. The van der Waals surface area contributed by atoms with Gasteiger partial charge in [-0.1, -0.05) is 75.4 Å². The van der Waals surface area contributed by atoms with E-state index in [2.05, 4.69) is 50.4 Å². The maximum atomic E-state index is 13.3. The van der Waals surface area contributed by atoms with E-state index in [0.717, 1.165) is 16.8 Å². The maximum Gasteiger partial charge on any atom is 0.193 e. The van der Waals surface area contributed by atoms with Gasteiger partial charge < -0.3 is 10.2 Å². The summed E-state index contributed by atoms with van der Waals surface area (Å²) in [5.74, 6) is 0.0276. The molecular weight excluding hydrogens is 352 g/mol. The third kappa shape index (κ3) is 3.81. The lowest BCUT2D eigenvalue weighted by molar-refractivity contribution is 0.102. The number of Topliss-reactive ketones (excluding diaryl/α,β-unsaturated/α-hetero) is 1. The molecular formula is C23H26N2OS. The number of ketones is 1. The quantitative estimate of drug-likeness (QED) is 0.602. The first kappa shape index (κ1) is 19.3. The average molecular weight is 379 g/mol. The Morgan fingerprint density at radius 1 is 1.04 bits per heavy atom. The normalized spacial score (nSPS) is 17.7. The van der Waals surface area contributed by atoms with Gasteiger partial charge in [-0.2, -0.15) is 0 Å². The molecule has 1 aliphatic heterocycles. The van der Waals surface area contributed by atoms with Crippen LogP contribution in [0.15, 0.2) is 65.9 Å². The number of hydrogen-bond acceptors (Lipinski definition) is 2. The average Bonchev–Trinajstić information content (AvgIpc) is 2.65. The van der Waals surface area contributed by atoms with E-state index >= 15 is 0 Å². The molecule has 1 heterocycles. The number of thiocarbonyl (C=S) groups is 1. The van der Waals surface area contributed by atoms with Gasteiger partial charge in [0.05, 0.1) is 6.04 Å². The van der Waals surface area contributed by atoms with Crippen LogP contribution in [0.3, 0.4) is 0 Å². The van der Waals surface area contributed by atoms with Gasteiger partial charge in [0.15, 0.2) is 10.9 Å². The molecule has 1 aliphatic rings. The molecule has 3 nitrogen and oxygen atoms in total. The second kappa shape index (κ2) is 7.28. The fraction of sp³-hybridized carbons (Fsp3) is 0.304. The van der Waals surface area contributed by atoms with Crippen molar-refractivity contribution in [2.24, 2.45) is 0 Å². The molecule has 27 heavy (non-hydrogen) atoms. The Balaban J connectivity index is 2.07. The summed E-state index contributed by atoms with van der Waals surface area (Å²) in [6.45, 7) is 8.54. The molecule has 0 aliphatic carbocycles. The van der Waals surface area contributed by atoms with E-state index in [1.807, 2.05) is 49.2 Å². The van der Waals surface area contributed by atoms with Crippen LogP contribution in [0.4, 0.5) is 0 Å². The van der Waals surface area contributed by atoms with Gasteiger partial charge >= 0.3 is 0 Å². The lowest BCUT2D eigenvalue weighted by Gasteiger charge is -2.36. The number of nitrogens with one attached hydrogen (secondary N) is 1. The van der Waals surface area contributed by atoms with Crippen LogP contribution in [-0.2, 0) is 5.41 Å². The molecule has 0 saturated heterocycles. The van der Waals surface area contributed by atoms with Crippen LogP contribution in [0.25, 0.3) is 0 Å². The van der Waals surface area contributed by atoms with Crippen molar-refractivity contribution in [2.45, 2.75) is 39.2 Å². The largest absolute Gasteiger partial charge is 0.351 e. The highest BCUT2D eigenvalue weighted by Crippen LogP contribution is 2.33. The van der Waals surface area contributed by atoms with Crippen LogP contribution in [0, 0.1) is 0 Å². The van der Waals surface area contributed by atoms with Crippen molar-refractivity contribution in [1.29, 1.82) is 0 Å². The van der Waals surface area contributed by atoms with Crippen molar-refractivity contribution < 1.29 is 4.79 Å². The number of carbonyl (C=O) groups excluding carboxylic acids is 1. The van der Waals surface area contributed by atoms with Gasteiger partial charge in [-0.15, -0.1) is 0 Å². The molecule has 1 unspecified atom stereocenters. The Hall–Kier alpha value is -2.46. The third-order valence-corrected chi connectivity index (χ3v) is 5.54. The first-order chi connectivity index (χ1) is 12.7. The number of carbonyl (C=O) groups is 1. The minimum absolute atomic E-state index is 0.0276. The highest BCUT2D eigenvalue weighted by atomic mass is 32.1. The van der Waals surface area contributed by atoms with Gasteiger partial charge in [0.25, 0.3) is 0 Å². The van der Waals surface area contributed by atoms with Crippen molar-refractivity contribution in [2.75, 3.05) is 7.05 Å². The van der Waals surface area contributed by atoms with Crippen LogP contribution in [0.2, 0.25) is 0 Å². The summed E-state index contributed by atoms with van der Waals surface area (Å²) in [5, 5.41) is 3.98. The van der Waals surface area contributed by atoms with Crippen molar-refractivity contribution >= 4 is 23.1 Å². The molecule has 3 rings (SSSR count). The number of hydrogen-bond donors (Lipinski definition) is 1. The minimum Gasteiger partial charge on any atom is -0.351 e. The van der Waals surface area contributed by atoms with E-state index in [-0.39, 0.29) is 17.2 Å². The maximum absolute atomic E-state index is 13.3. The number of nitrogens with zero attached hydrogens (tertiary/aromatic N) is 1. The number of rotatable bonds is 3. The van der Waals surface area contributed by atoms with Crippen LogP contribution in [-0.4, -0.2) is 22.8 Å². The van der Waals surface area contributed by atoms with Gasteiger partial charge in [-0.05, 0) is 35.7 Å². The Morgan fingerprint density at radius 2 is 1.63 bits per heavy atom. The molecule has 0 spiro atoms. The zero-order valence-corrected chi connectivity index (χ0v) is 17.4. The van der Waals surface area contributed by atoms with E-state index in [1.54, 1.807) is 0 Å². The molecule has 4 heteroatoms. The minimum atomic E-state index is -0.254. The van der Waals surface area contributed by atoms with E-state index in [4.69, 9.17) is 12.2 Å². The first-order valence-electron chi connectivity index (χ1n) is 9.15. The predicted molar refractivity (Wildman–Crippen MR) is 115 cm³/mol. The summed E-state index contributed by atoms with van der Waals surface area (Å²) >= 11 is 5.49. The lowest BCUT2D eigenvalue weighted by atomic mass is 9.84. The van der Waals surface area contributed by atoms with Gasteiger partial charge in [-0.3, -0.25) is 4.79 Å². The van der Waals surface area contributed by atoms with Gasteiger partial charge in [0.1, 0.15) is 0 Å². The second-order valence-corrected chi connectivity index (χ2v) is 8.39. The van der Waals surface area contributed by atoms with E-state index in [9.17, 15) is 4.79 Å². The molecule has 140 valence electrons. The third-order valence-electron chi connectivity index (χ3n) is 5.14. The zero-order chi connectivity index (χ0) is 19.8. The van der Waals surface area contributed by atoms with Crippen molar-refractivity contribution in [3.63, 3.8) is 0 Å². The smallest absolute Gasteiger partial charge is 0.193 e. The SMILES string of the molecule is CC1=C(C(=O)c2ccccc2)C(c2ccc(C(C)(C)C)cc2)NC(=S)N1C. The molecule has 0 amide bonds. The highest BCUT2D eigenvalue weighted by molar-refractivity contribution is 7.80. The van der Waals surface area contributed by atoms with Gasteiger partial charge in [0.2, 0.25) is 0 Å². The Bertz CT molecular complexity index is 892. The summed E-state index contributed by atoms with van der Waals surface area (Å²) in [4.78, 5) is 15.2. The van der Waals surface area contributed by atoms with E-state index in [1.165, 1.54) is 5.56 Å². The van der Waals surface area contributed by atoms with Gasteiger partial charge in [-0.25, -0.2) is 0 Å². The molecule has 1 N–H and O–H groups in total. The van der Waals surface area contributed by atoms with Crippen LogP contribution in [0.1, 0.15) is 55.2 Å². The molecule has 1 atom stereocenters. The topological polar surface area (TPSA) is 32.3 Å². The van der Waals surface area contributed by atoms with Crippen LogP contribution >= 0.6 is 12.2 Å². The van der Waals surface area contributed by atoms with Crippen LogP contribution < -0.4 is 5.32 Å². The van der Waals surface area contributed by atoms with E-state index in [0.29, 0.717) is 10.7 Å². The first-order valence-corrected chi connectivity index (χ1v) is 9.56. The fourth-order valence-corrected chi connectivity index (χ4v) is 3.56. The molecule has 0 fully saturated rings. The molecule has 2 aromatic carbocycles. The fourth-order valence-electron chi connectivity index (χ4n) is 3.30. The van der Waals surface area contributed by atoms with E-state index < -0.39 is 0 Å².